The molecule has 0 spiro atoms. The molecule has 2 N–H and O–H groups in total. The molecule has 0 saturated carbocycles. The molecule has 4 aromatic rings. The molecule has 5 rings (SSSR count). The summed E-state index contributed by atoms with van der Waals surface area (Å²) in [5, 5.41) is 6.87. The zero-order chi connectivity index (χ0) is 25.6. The number of ether oxygens (including phenoxy) is 1. The highest BCUT2D eigenvalue weighted by Gasteiger charge is 2.20. The highest BCUT2D eigenvalue weighted by atomic mass is 16.5. The Balaban J connectivity index is 1.14. The molecule has 2 heterocycles. The van der Waals surface area contributed by atoms with Crippen LogP contribution >= 0.6 is 0 Å². The first-order chi connectivity index (χ1) is 18.1. The van der Waals surface area contributed by atoms with Crippen LogP contribution < -0.4 is 16.2 Å². The van der Waals surface area contributed by atoms with E-state index in [-0.39, 0.29) is 11.7 Å². The van der Waals surface area contributed by atoms with Crippen molar-refractivity contribution in [1.29, 1.82) is 0 Å². The fourth-order valence-electron chi connectivity index (χ4n) is 4.83. The molecule has 0 aliphatic carbocycles. The summed E-state index contributed by atoms with van der Waals surface area (Å²) in [4.78, 5) is 15.6. The first kappa shape index (κ1) is 25.0. The van der Waals surface area contributed by atoms with Crippen molar-refractivity contribution in [3.05, 3.63) is 112 Å². The Morgan fingerprint density at radius 3 is 2.35 bits per heavy atom. The second-order valence-corrected chi connectivity index (χ2v) is 9.60. The second kappa shape index (κ2) is 11.6. The lowest BCUT2D eigenvalue weighted by atomic mass is 10.1. The van der Waals surface area contributed by atoms with Crippen LogP contribution in [0.5, 0.6) is 0 Å². The third-order valence-corrected chi connectivity index (χ3v) is 6.95. The van der Waals surface area contributed by atoms with Gasteiger partial charge in [-0.05, 0) is 42.3 Å². The minimum atomic E-state index is -0.0641. The molecule has 0 amide bonds. The van der Waals surface area contributed by atoms with Crippen LogP contribution in [0.25, 0.3) is 5.69 Å². The molecule has 1 aliphatic rings. The third kappa shape index (κ3) is 6.02. The molecule has 1 aliphatic heterocycles. The van der Waals surface area contributed by atoms with Gasteiger partial charge in [0, 0.05) is 45.5 Å². The molecule has 0 bridgehead atoms. The Hall–Kier alpha value is -3.65. The van der Waals surface area contributed by atoms with Gasteiger partial charge in [0.25, 0.3) is 5.56 Å². The van der Waals surface area contributed by atoms with Crippen LogP contribution in [0.2, 0.25) is 0 Å². The Bertz CT molecular complexity index is 1350. The summed E-state index contributed by atoms with van der Waals surface area (Å²) < 4.78 is 9.55. The number of nitrogens with zero attached hydrogens (tertiary/aromatic N) is 3. The molecule has 0 radical (unpaired) electrons. The van der Waals surface area contributed by atoms with Crippen LogP contribution in [-0.4, -0.2) is 46.6 Å². The van der Waals surface area contributed by atoms with E-state index < -0.39 is 0 Å². The minimum absolute atomic E-state index is 0.0641. The van der Waals surface area contributed by atoms with Crippen molar-refractivity contribution in [3.8, 4) is 5.69 Å². The summed E-state index contributed by atoms with van der Waals surface area (Å²) in [6, 6.07) is 28.5. The molecular formula is C30H35N5O2. The number of para-hydroxylation sites is 1. The van der Waals surface area contributed by atoms with E-state index in [1.165, 1.54) is 11.1 Å². The Labute approximate surface area is 218 Å². The fraction of sp³-hybridized carbons (Fsp3) is 0.300. The molecular weight excluding hydrogens is 462 g/mol. The zero-order valence-corrected chi connectivity index (χ0v) is 21.6. The summed E-state index contributed by atoms with van der Waals surface area (Å²) in [5.41, 5.74) is 5.67. The smallest absolute Gasteiger partial charge is 0.295 e. The Morgan fingerprint density at radius 2 is 1.62 bits per heavy atom. The van der Waals surface area contributed by atoms with Crippen LogP contribution in [0, 0.1) is 6.92 Å². The number of benzene rings is 3. The van der Waals surface area contributed by atoms with Gasteiger partial charge >= 0.3 is 0 Å². The molecule has 7 nitrogen and oxygen atoms in total. The SMILES string of the molecule is Cc1c(Nc2ccc(CNC[C@H]3CN(Cc4ccccc4)CCO3)cc2)c(=O)n(-c2ccccc2)n1C. The highest BCUT2D eigenvalue weighted by molar-refractivity contribution is 5.62. The Kier molecular flexibility index (Phi) is 7.84. The number of aromatic nitrogens is 2. The van der Waals surface area contributed by atoms with Gasteiger partial charge in [0.1, 0.15) is 5.69 Å². The molecule has 1 atom stereocenters. The van der Waals surface area contributed by atoms with Gasteiger partial charge in [0.2, 0.25) is 0 Å². The van der Waals surface area contributed by atoms with Crippen molar-refractivity contribution < 1.29 is 4.74 Å². The van der Waals surface area contributed by atoms with Crippen molar-refractivity contribution in [1.82, 2.24) is 19.6 Å². The first-order valence-electron chi connectivity index (χ1n) is 12.9. The van der Waals surface area contributed by atoms with Crippen molar-refractivity contribution >= 4 is 11.4 Å². The lowest BCUT2D eigenvalue weighted by Gasteiger charge is -2.33. The maximum Gasteiger partial charge on any atom is 0.295 e. The van der Waals surface area contributed by atoms with Gasteiger partial charge < -0.3 is 15.4 Å². The minimum Gasteiger partial charge on any atom is -0.374 e. The normalized spacial score (nSPS) is 16.1. The van der Waals surface area contributed by atoms with Crippen LogP contribution in [0.15, 0.2) is 89.7 Å². The quantitative estimate of drug-likeness (QED) is 0.363. The summed E-state index contributed by atoms with van der Waals surface area (Å²) in [6.45, 7) is 7.17. The van der Waals surface area contributed by atoms with Crippen molar-refractivity contribution in [2.75, 3.05) is 31.6 Å². The maximum atomic E-state index is 13.2. The zero-order valence-electron chi connectivity index (χ0n) is 21.6. The molecule has 192 valence electrons. The average molecular weight is 498 g/mol. The molecule has 0 unspecified atom stereocenters. The van der Waals surface area contributed by atoms with Gasteiger partial charge in [0.15, 0.2) is 0 Å². The molecule has 37 heavy (non-hydrogen) atoms. The van der Waals surface area contributed by atoms with Crippen LogP contribution in [0.3, 0.4) is 0 Å². The van der Waals surface area contributed by atoms with Gasteiger partial charge in [0.05, 0.1) is 24.1 Å². The van der Waals surface area contributed by atoms with E-state index in [0.29, 0.717) is 5.69 Å². The first-order valence-corrected chi connectivity index (χ1v) is 12.9. The molecule has 1 fully saturated rings. The van der Waals surface area contributed by atoms with E-state index in [4.69, 9.17) is 4.74 Å². The van der Waals surface area contributed by atoms with Crippen LogP contribution in [-0.2, 0) is 24.9 Å². The van der Waals surface area contributed by atoms with E-state index >= 15 is 0 Å². The third-order valence-electron chi connectivity index (χ3n) is 6.95. The summed E-state index contributed by atoms with van der Waals surface area (Å²) in [6.07, 6.45) is 0.186. The van der Waals surface area contributed by atoms with E-state index in [9.17, 15) is 4.79 Å². The maximum absolute atomic E-state index is 13.2. The number of hydrogen-bond acceptors (Lipinski definition) is 5. The molecule has 1 aromatic heterocycles. The summed E-state index contributed by atoms with van der Waals surface area (Å²) in [5.74, 6) is 0. The monoisotopic (exact) mass is 497 g/mol. The fourth-order valence-corrected chi connectivity index (χ4v) is 4.83. The largest absolute Gasteiger partial charge is 0.374 e. The van der Waals surface area contributed by atoms with E-state index in [2.05, 4.69) is 58.0 Å². The molecule has 1 saturated heterocycles. The predicted molar refractivity (Wildman–Crippen MR) is 149 cm³/mol. The van der Waals surface area contributed by atoms with Crippen molar-refractivity contribution in [3.63, 3.8) is 0 Å². The van der Waals surface area contributed by atoms with Gasteiger partial charge in [-0.3, -0.25) is 14.4 Å². The molecule has 7 heteroatoms. The second-order valence-electron chi connectivity index (χ2n) is 9.60. The van der Waals surface area contributed by atoms with Gasteiger partial charge in [-0.1, -0.05) is 60.7 Å². The van der Waals surface area contributed by atoms with Crippen molar-refractivity contribution in [2.24, 2.45) is 7.05 Å². The molecule has 3 aromatic carbocycles. The summed E-state index contributed by atoms with van der Waals surface area (Å²) in [7, 11) is 1.90. The van der Waals surface area contributed by atoms with E-state index in [1.54, 1.807) is 4.68 Å². The van der Waals surface area contributed by atoms with E-state index in [0.717, 1.165) is 56.4 Å². The standard InChI is InChI=1S/C30H35N5O2/c1-23-29(30(36)35(33(23)2)27-11-7-4-8-12-27)32-26-15-13-24(14-16-26)19-31-20-28-22-34(17-18-37-28)21-25-9-5-3-6-10-25/h3-16,28,31-32H,17-22H2,1-2H3/t28-/m0/s1. The van der Waals surface area contributed by atoms with E-state index in [1.807, 2.05) is 61.1 Å². The van der Waals surface area contributed by atoms with Gasteiger partial charge in [-0.2, -0.15) is 0 Å². The highest BCUT2D eigenvalue weighted by Crippen LogP contribution is 2.20. The number of nitrogens with one attached hydrogen (secondary N) is 2. The predicted octanol–water partition coefficient (Wildman–Crippen LogP) is 4.22. The summed E-state index contributed by atoms with van der Waals surface area (Å²) >= 11 is 0. The number of anilines is 2. The van der Waals surface area contributed by atoms with Crippen molar-refractivity contribution in [2.45, 2.75) is 26.1 Å². The van der Waals surface area contributed by atoms with Crippen LogP contribution in [0.4, 0.5) is 11.4 Å². The van der Waals surface area contributed by atoms with Gasteiger partial charge in [-0.25, -0.2) is 4.68 Å². The lowest BCUT2D eigenvalue weighted by Crippen LogP contribution is -2.46. The number of rotatable bonds is 9. The number of morpholine rings is 1. The topological polar surface area (TPSA) is 63.5 Å². The van der Waals surface area contributed by atoms with Gasteiger partial charge in [-0.15, -0.1) is 0 Å². The van der Waals surface area contributed by atoms with Crippen LogP contribution in [0.1, 0.15) is 16.8 Å². The Morgan fingerprint density at radius 1 is 0.919 bits per heavy atom. The number of hydrogen-bond donors (Lipinski definition) is 2. The lowest BCUT2D eigenvalue weighted by molar-refractivity contribution is -0.0300. The average Bonchev–Trinajstić information content (AvgIpc) is 3.14.